The summed E-state index contributed by atoms with van der Waals surface area (Å²) in [5, 5.41) is -1.84. The molecule has 3 atom stereocenters. The van der Waals surface area contributed by atoms with E-state index in [0.717, 1.165) is 0 Å². The molecule has 1 saturated heterocycles. The van der Waals surface area contributed by atoms with Gasteiger partial charge in [-0.1, -0.05) is 27.7 Å². The van der Waals surface area contributed by atoms with Crippen molar-refractivity contribution in [2.75, 3.05) is 0 Å². The monoisotopic (exact) mass is 358 g/mol. The van der Waals surface area contributed by atoms with Gasteiger partial charge in [-0.25, -0.2) is 4.31 Å². The molecule has 21 heavy (non-hydrogen) atoms. The minimum absolute atomic E-state index is 0.389. The second-order valence-corrected chi connectivity index (χ2v) is 16.4. The highest BCUT2D eigenvalue weighted by atomic mass is 31.3. The topological polar surface area (TPSA) is 61.8 Å². The summed E-state index contributed by atoms with van der Waals surface area (Å²) in [4.78, 5) is 0. The first-order valence-electron chi connectivity index (χ1n) is 7.19. The van der Waals surface area contributed by atoms with Crippen LogP contribution in [0.3, 0.4) is 0 Å². The average Bonchev–Trinajstić information content (AvgIpc) is 2.25. The first-order chi connectivity index (χ1) is 9.08. The molecule has 1 heterocycles. The summed E-state index contributed by atoms with van der Waals surface area (Å²) in [7, 11) is -8.66. The summed E-state index contributed by atoms with van der Waals surface area (Å²) >= 11 is 0. The second kappa shape index (κ2) is 5.69. The molecule has 0 amide bonds. The summed E-state index contributed by atoms with van der Waals surface area (Å²) in [5.74, 6) is 0. The highest BCUT2D eigenvalue weighted by molar-refractivity contribution is 7.79. The molecular formula is C13H29O5P3. The van der Waals surface area contributed by atoms with Crippen LogP contribution in [0.5, 0.6) is 0 Å². The predicted molar refractivity (Wildman–Crippen MR) is 89.3 cm³/mol. The van der Waals surface area contributed by atoms with Crippen molar-refractivity contribution in [1.29, 1.82) is 0 Å². The van der Waals surface area contributed by atoms with Crippen molar-refractivity contribution in [2.45, 2.75) is 84.2 Å². The molecule has 0 aromatic heterocycles. The van der Waals surface area contributed by atoms with E-state index >= 15 is 0 Å². The minimum atomic E-state index is -3.55. The van der Waals surface area contributed by atoms with Gasteiger partial charge in [0.25, 0.3) is 0 Å². The van der Waals surface area contributed by atoms with Crippen molar-refractivity contribution in [2.24, 2.45) is 0 Å². The average molecular weight is 358 g/mol. The normalized spacial score (nSPS) is 35.8. The van der Waals surface area contributed by atoms with E-state index in [4.69, 9.17) is 12.9 Å². The van der Waals surface area contributed by atoms with E-state index in [1.807, 2.05) is 41.5 Å². The molecule has 8 heteroatoms. The van der Waals surface area contributed by atoms with Gasteiger partial charge in [0.1, 0.15) is 0 Å². The maximum absolute atomic E-state index is 13.3. The molecule has 0 radical (unpaired) electrons. The molecule has 1 rings (SSSR count). The lowest BCUT2D eigenvalue weighted by Crippen LogP contribution is -2.30. The van der Waals surface area contributed by atoms with Crippen molar-refractivity contribution in [3.05, 3.63) is 0 Å². The van der Waals surface area contributed by atoms with Crippen molar-refractivity contribution in [3.8, 4) is 0 Å². The van der Waals surface area contributed by atoms with Gasteiger partial charge in [-0.05, 0) is 41.0 Å². The lowest BCUT2D eigenvalue weighted by molar-refractivity contribution is 0.266. The van der Waals surface area contributed by atoms with Crippen molar-refractivity contribution < 1.29 is 22.1 Å². The highest BCUT2D eigenvalue weighted by Crippen LogP contribution is 2.87. The van der Waals surface area contributed by atoms with E-state index in [0.29, 0.717) is 6.42 Å². The van der Waals surface area contributed by atoms with Crippen LogP contribution in [0.2, 0.25) is 0 Å². The SMILES string of the molecule is CCC(C)(C)P1(=O)OP(C(C)(C)C)OP(=O)(C(C)(C)C)O1. The summed E-state index contributed by atoms with van der Waals surface area (Å²) in [5.41, 5.74) is 0. The molecule has 1 fully saturated rings. The Morgan fingerprint density at radius 2 is 1.29 bits per heavy atom. The maximum atomic E-state index is 13.3. The molecule has 0 aromatic rings. The van der Waals surface area contributed by atoms with Crippen LogP contribution in [0.15, 0.2) is 0 Å². The van der Waals surface area contributed by atoms with Crippen LogP contribution in [0.25, 0.3) is 0 Å². The van der Waals surface area contributed by atoms with Gasteiger partial charge in [0, 0.05) is 5.16 Å². The van der Waals surface area contributed by atoms with Gasteiger partial charge in [0.15, 0.2) is 8.38 Å². The fourth-order valence-corrected chi connectivity index (χ4v) is 11.2. The second-order valence-electron chi connectivity index (χ2n) is 8.00. The van der Waals surface area contributed by atoms with Crippen LogP contribution >= 0.6 is 23.6 Å². The van der Waals surface area contributed by atoms with E-state index < -0.39 is 33.9 Å². The number of hydrogen-bond donors (Lipinski definition) is 0. The molecule has 5 nitrogen and oxygen atoms in total. The molecule has 0 bridgehead atoms. The lowest BCUT2D eigenvalue weighted by atomic mass is 10.1. The minimum Gasteiger partial charge on any atom is -0.259 e. The Hall–Kier alpha value is 0.770. The summed E-state index contributed by atoms with van der Waals surface area (Å²) < 4.78 is 43.7. The Labute approximate surface area is 130 Å². The molecule has 0 aromatic carbocycles. The molecule has 126 valence electrons. The van der Waals surface area contributed by atoms with E-state index in [1.165, 1.54) is 0 Å². The Bertz CT molecular complexity index is 487. The van der Waals surface area contributed by atoms with Gasteiger partial charge in [-0.2, -0.15) is 0 Å². The van der Waals surface area contributed by atoms with Crippen LogP contribution in [0.1, 0.15) is 68.7 Å². The zero-order chi connectivity index (χ0) is 16.9. The smallest absolute Gasteiger partial charge is 0.259 e. The number of hydrogen-bond acceptors (Lipinski definition) is 5. The summed E-state index contributed by atoms with van der Waals surface area (Å²) in [6.07, 6.45) is 0.599. The first-order valence-corrected chi connectivity index (χ1v) is 11.5. The van der Waals surface area contributed by atoms with E-state index in [1.54, 1.807) is 20.8 Å². The van der Waals surface area contributed by atoms with Crippen molar-refractivity contribution >= 4 is 23.6 Å². The third kappa shape index (κ3) is 3.82. The highest BCUT2D eigenvalue weighted by Gasteiger charge is 2.60. The van der Waals surface area contributed by atoms with Gasteiger partial charge in [0.2, 0.25) is 0 Å². The van der Waals surface area contributed by atoms with Crippen molar-refractivity contribution in [1.82, 2.24) is 0 Å². The zero-order valence-electron chi connectivity index (χ0n) is 14.6. The van der Waals surface area contributed by atoms with Gasteiger partial charge in [0.05, 0.1) is 10.3 Å². The van der Waals surface area contributed by atoms with Crippen LogP contribution in [-0.2, 0) is 22.1 Å². The van der Waals surface area contributed by atoms with Crippen LogP contribution in [-0.4, -0.2) is 15.5 Å². The van der Waals surface area contributed by atoms with E-state index in [9.17, 15) is 9.13 Å². The Morgan fingerprint density at radius 3 is 1.62 bits per heavy atom. The van der Waals surface area contributed by atoms with Gasteiger partial charge < -0.3 is 0 Å². The van der Waals surface area contributed by atoms with Crippen LogP contribution in [0.4, 0.5) is 0 Å². The molecule has 0 spiro atoms. The first kappa shape index (κ1) is 19.8. The Kier molecular flexibility index (Phi) is 5.37. The molecular weight excluding hydrogens is 329 g/mol. The fourth-order valence-electron chi connectivity index (χ4n) is 1.29. The maximum Gasteiger partial charge on any atom is 0.348 e. The fraction of sp³-hybridized carbons (Fsp3) is 1.00. The van der Waals surface area contributed by atoms with Crippen LogP contribution < -0.4 is 0 Å². The van der Waals surface area contributed by atoms with Crippen LogP contribution in [0, 0.1) is 0 Å². The summed E-state index contributed by atoms with van der Waals surface area (Å²) in [6.45, 7) is 16.7. The van der Waals surface area contributed by atoms with Crippen molar-refractivity contribution in [3.63, 3.8) is 0 Å². The molecule has 1 aliphatic heterocycles. The Morgan fingerprint density at radius 1 is 0.857 bits per heavy atom. The predicted octanol–water partition coefficient (Wildman–Crippen LogP) is 6.53. The van der Waals surface area contributed by atoms with Gasteiger partial charge in [-0.15, -0.1) is 0 Å². The molecule has 3 unspecified atom stereocenters. The quantitative estimate of drug-likeness (QED) is 0.525. The molecule has 0 saturated carbocycles. The molecule has 0 N–H and O–H groups in total. The molecule has 0 aliphatic carbocycles. The lowest BCUT2D eigenvalue weighted by Gasteiger charge is -2.46. The Balaban J connectivity index is 3.39. The number of rotatable bonds is 2. The van der Waals surface area contributed by atoms with E-state index in [-0.39, 0.29) is 5.16 Å². The molecule has 1 aliphatic rings. The largest absolute Gasteiger partial charge is 0.348 e. The van der Waals surface area contributed by atoms with Gasteiger partial charge in [-0.3, -0.25) is 17.8 Å². The third-order valence-electron chi connectivity index (χ3n) is 3.55. The van der Waals surface area contributed by atoms with E-state index in [2.05, 4.69) is 0 Å². The van der Waals surface area contributed by atoms with Gasteiger partial charge >= 0.3 is 15.2 Å². The zero-order valence-corrected chi connectivity index (χ0v) is 17.3. The summed E-state index contributed by atoms with van der Waals surface area (Å²) in [6, 6.07) is 0. The third-order valence-corrected chi connectivity index (χ3v) is 12.7. The standard InChI is InChI=1S/C13H29O5P3/c1-10-13(8,9)21(15)17-19(11(2,3)4)16-20(14,18-21)12(5,6)7/h10H2,1-9H3.